The number of benzene rings is 1. The van der Waals surface area contributed by atoms with Gasteiger partial charge in [0.1, 0.15) is 0 Å². The van der Waals surface area contributed by atoms with Crippen molar-refractivity contribution in [1.29, 1.82) is 0 Å². The van der Waals surface area contributed by atoms with Crippen LogP contribution in [-0.2, 0) is 6.18 Å². The molecule has 0 atom stereocenters. The fourth-order valence-corrected chi connectivity index (χ4v) is 1.82. The molecule has 1 rings (SSSR count). The van der Waals surface area contributed by atoms with Crippen LogP contribution in [0.2, 0.25) is 0 Å². The summed E-state index contributed by atoms with van der Waals surface area (Å²) in [4.78, 5) is 0. The largest absolute Gasteiger partial charge is 0.418 e. The topological polar surface area (TPSA) is 38.0 Å². The van der Waals surface area contributed by atoms with Crippen molar-refractivity contribution in [1.82, 2.24) is 0 Å². The maximum Gasteiger partial charge on any atom is 0.418 e. The van der Waals surface area contributed by atoms with E-state index in [-0.39, 0.29) is 11.4 Å². The minimum absolute atomic E-state index is 0.0906. The van der Waals surface area contributed by atoms with Gasteiger partial charge in [0.15, 0.2) is 0 Å². The number of hydrogen-bond acceptors (Lipinski definition) is 3. The Balaban J connectivity index is 2.77. The lowest BCUT2D eigenvalue weighted by molar-refractivity contribution is -0.136. The van der Waals surface area contributed by atoms with Crippen molar-refractivity contribution in [2.24, 2.45) is 0 Å². The smallest absolute Gasteiger partial charge is 0.399 e. The molecule has 2 nitrogen and oxygen atoms in total. The normalized spacial score (nSPS) is 11.5. The second kappa shape index (κ2) is 6.05. The van der Waals surface area contributed by atoms with Crippen LogP contribution < -0.4 is 11.1 Å². The van der Waals surface area contributed by atoms with Gasteiger partial charge in [0.25, 0.3) is 0 Å². The Labute approximate surface area is 103 Å². The Morgan fingerprint density at radius 3 is 2.65 bits per heavy atom. The lowest BCUT2D eigenvalue weighted by Gasteiger charge is -2.15. The highest BCUT2D eigenvalue weighted by molar-refractivity contribution is 7.98. The van der Waals surface area contributed by atoms with E-state index in [1.54, 1.807) is 11.8 Å². The summed E-state index contributed by atoms with van der Waals surface area (Å²) in [5, 5.41) is 2.79. The average Bonchev–Trinajstić information content (AvgIpc) is 2.25. The molecule has 1 aromatic rings. The Bertz CT molecular complexity index is 366. The molecular formula is C11H15F3N2S. The summed E-state index contributed by atoms with van der Waals surface area (Å²) in [7, 11) is 0. The van der Waals surface area contributed by atoms with Crippen molar-refractivity contribution in [2.45, 2.75) is 12.6 Å². The van der Waals surface area contributed by atoms with Crippen LogP contribution >= 0.6 is 11.8 Å². The first kappa shape index (κ1) is 14.0. The lowest BCUT2D eigenvalue weighted by atomic mass is 10.1. The van der Waals surface area contributed by atoms with Crippen molar-refractivity contribution in [3.8, 4) is 0 Å². The van der Waals surface area contributed by atoms with E-state index in [0.29, 0.717) is 6.54 Å². The Morgan fingerprint density at radius 1 is 1.35 bits per heavy atom. The van der Waals surface area contributed by atoms with E-state index in [2.05, 4.69) is 5.32 Å². The van der Waals surface area contributed by atoms with Crippen LogP contribution in [0.1, 0.15) is 12.0 Å². The second-order valence-corrected chi connectivity index (χ2v) is 4.56. The van der Waals surface area contributed by atoms with E-state index in [0.717, 1.165) is 18.2 Å². The van der Waals surface area contributed by atoms with E-state index in [4.69, 9.17) is 5.73 Å². The fraction of sp³-hybridized carbons (Fsp3) is 0.455. The zero-order valence-electron chi connectivity index (χ0n) is 9.47. The van der Waals surface area contributed by atoms with Crippen molar-refractivity contribution in [3.05, 3.63) is 23.8 Å². The third kappa shape index (κ3) is 4.38. The van der Waals surface area contributed by atoms with Gasteiger partial charge in [0.05, 0.1) is 5.56 Å². The molecule has 1 aromatic carbocycles. The van der Waals surface area contributed by atoms with Crippen LogP contribution in [0, 0.1) is 0 Å². The molecule has 3 N–H and O–H groups in total. The Hall–Kier alpha value is -1.04. The lowest BCUT2D eigenvalue weighted by Crippen LogP contribution is -2.12. The van der Waals surface area contributed by atoms with E-state index >= 15 is 0 Å². The van der Waals surface area contributed by atoms with Crippen LogP contribution in [0.5, 0.6) is 0 Å². The van der Waals surface area contributed by atoms with Gasteiger partial charge in [-0.05, 0) is 36.6 Å². The number of anilines is 2. The SMILES string of the molecule is CSCCCNc1ccc(N)cc1C(F)(F)F. The summed E-state index contributed by atoms with van der Waals surface area (Å²) in [6, 6.07) is 3.79. The molecule has 0 aliphatic rings. The molecule has 0 radical (unpaired) electrons. The van der Waals surface area contributed by atoms with Crippen LogP contribution in [-0.4, -0.2) is 18.6 Å². The number of nitrogen functional groups attached to an aromatic ring is 1. The summed E-state index contributed by atoms with van der Waals surface area (Å²) in [6.07, 6.45) is -1.59. The maximum absolute atomic E-state index is 12.7. The summed E-state index contributed by atoms with van der Waals surface area (Å²) < 4.78 is 38.1. The molecule has 0 saturated heterocycles. The van der Waals surface area contributed by atoms with Gasteiger partial charge in [-0.25, -0.2) is 0 Å². The molecule has 0 saturated carbocycles. The second-order valence-electron chi connectivity index (χ2n) is 3.58. The predicted octanol–water partition coefficient (Wildman–Crippen LogP) is 3.45. The van der Waals surface area contributed by atoms with Crippen molar-refractivity contribution in [2.75, 3.05) is 29.6 Å². The number of hydrogen-bond donors (Lipinski definition) is 2. The van der Waals surface area contributed by atoms with Crippen LogP contribution in [0.15, 0.2) is 18.2 Å². The minimum Gasteiger partial charge on any atom is -0.399 e. The Morgan fingerprint density at radius 2 is 2.06 bits per heavy atom. The third-order valence-electron chi connectivity index (χ3n) is 2.19. The maximum atomic E-state index is 12.7. The first-order chi connectivity index (χ1) is 7.95. The van der Waals surface area contributed by atoms with E-state index in [9.17, 15) is 13.2 Å². The van der Waals surface area contributed by atoms with Crippen molar-refractivity contribution in [3.63, 3.8) is 0 Å². The molecule has 0 bridgehead atoms. The van der Waals surface area contributed by atoms with Gasteiger partial charge >= 0.3 is 6.18 Å². The third-order valence-corrected chi connectivity index (χ3v) is 2.89. The van der Waals surface area contributed by atoms with Gasteiger partial charge in [0.2, 0.25) is 0 Å². The number of halogens is 3. The molecule has 0 aliphatic heterocycles. The molecule has 0 fully saturated rings. The Kier molecular flexibility index (Phi) is 4.99. The van der Waals surface area contributed by atoms with Gasteiger partial charge in [-0.2, -0.15) is 24.9 Å². The standard InChI is InChI=1S/C11H15F3N2S/c1-17-6-2-5-16-10-4-3-8(15)7-9(10)11(12,13)14/h3-4,7,16H,2,5-6,15H2,1H3. The predicted molar refractivity (Wildman–Crippen MR) is 67.3 cm³/mol. The molecule has 0 spiro atoms. The molecule has 0 amide bonds. The van der Waals surface area contributed by atoms with Crippen LogP contribution in [0.3, 0.4) is 0 Å². The zero-order chi connectivity index (χ0) is 12.9. The van der Waals surface area contributed by atoms with Crippen molar-refractivity contribution >= 4 is 23.1 Å². The molecule has 0 heterocycles. The first-order valence-electron chi connectivity index (χ1n) is 5.14. The van der Waals surface area contributed by atoms with Crippen LogP contribution in [0.25, 0.3) is 0 Å². The zero-order valence-corrected chi connectivity index (χ0v) is 10.3. The van der Waals surface area contributed by atoms with E-state index < -0.39 is 11.7 Å². The summed E-state index contributed by atoms with van der Waals surface area (Å²) >= 11 is 1.67. The molecule has 0 aromatic heterocycles. The number of thioether (sulfide) groups is 1. The number of rotatable bonds is 5. The molecule has 6 heteroatoms. The minimum atomic E-state index is -4.38. The highest BCUT2D eigenvalue weighted by Crippen LogP contribution is 2.35. The number of nitrogens with two attached hydrogens (primary N) is 1. The number of nitrogens with one attached hydrogen (secondary N) is 1. The van der Waals surface area contributed by atoms with Crippen LogP contribution in [0.4, 0.5) is 24.5 Å². The van der Waals surface area contributed by atoms with Gasteiger partial charge in [-0.3, -0.25) is 0 Å². The van der Waals surface area contributed by atoms with Crippen molar-refractivity contribution < 1.29 is 13.2 Å². The molecular weight excluding hydrogens is 249 g/mol. The highest BCUT2D eigenvalue weighted by Gasteiger charge is 2.33. The van der Waals surface area contributed by atoms with Gasteiger partial charge in [0, 0.05) is 17.9 Å². The van der Waals surface area contributed by atoms with Gasteiger partial charge in [-0.15, -0.1) is 0 Å². The van der Waals surface area contributed by atoms with Gasteiger partial charge in [-0.1, -0.05) is 0 Å². The summed E-state index contributed by atoms with van der Waals surface area (Å²) in [6.45, 7) is 0.522. The monoisotopic (exact) mass is 264 g/mol. The number of alkyl halides is 3. The summed E-state index contributed by atoms with van der Waals surface area (Å²) in [5.74, 6) is 0.920. The quantitative estimate of drug-likeness (QED) is 0.632. The average molecular weight is 264 g/mol. The molecule has 0 aliphatic carbocycles. The highest BCUT2D eigenvalue weighted by atomic mass is 32.2. The summed E-state index contributed by atoms with van der Waals surface area (Å²) in [5.41, 5.74) is 4.87. The van der Waals surface area contributed by atoms with E-state index in [1.807, 2.05) is 6.26 Å². The first-order valence-corrected chi connectivity index (χ1v) is 6.54. The molecule has 17 heavy (non-hydrogen) atoms. The molecule has 0 unspecified atom stereocenters. The van der Waals surface area contributed by atoms with Gasteiger partial charge < -0.3 is 11.1 Å². The fourth-order valence-electron chi connectivity index (χ4n) is 1.39. The molecule has 96 valence electrons. The van der Waals surface area contributed by atoms with E-state index in [1.165, 1.54) is 12.1 Å².